The third kappa shape index (κ3) is 3.26. The molecule has 0 spiro atoms. The molecule has 0 fully saturated rings. The molecule has 0 saturated heterocycles. The second kappa shape index (κ2) is 5.60. The zero-order chi connectivity index (χ0) is 12.3. The second-order valence-electron chi connectivity index (χ2n) is 3.78. The average Bonchev–Trinajstić information content (AvgIpc) is 2.77. The minimum Gasteiger partial charge on any atom is -0.376 e. The molecule has 17 heavy (non-hydrogen) atoms. The highest BCUT2D eigenvalue weighted by atomic mass is 79.9. The smallest absolute Gasteiger partial charge is 0.0926 e. The van der Waals surface area contributed by atoms with Crippen molar-refractivity contribution in [3.05, 3.63) is 39.0 Å². The Morgan fingerprint density at radius 3 is 2.94 bits per heavy atom. The lowest BCUT2D eigenvalue weighted by molar-refractivity contribution is 0.838. The summed E-state index contributed by atoms with van der Waals surface area (Å²) < 4.78 is 0.974. The van der Waals surface area contributed by atoms with Crippen molar-refractivity contribution in [2.75, 3.05) is 5.32 Å². The number of aromatic nitrogens is 2. The maximum absolute atomic E-state index is 4.57. The van der Waals surface area contributed by atoms with Gasteiger partial charge in [-0.25, -0.2) is 4.98 Å². The van der Waals surface area contributed by atoms with Crippen molar-refractivity contribution < 1.29 is 0 Å². The van der Waals surface area contributed by atoms with Crippen LogP contribution in [0.2, 0.25) is 0 Å². The minimum absolute atomic E-state index is 0.197. The molecule has 0 saturated carbocycles. The van der Waals surface area contributed by atoms with E-state index in [1.54, 1.807) is 17.5 Å². The molecule has 0 aliphatic carbocycles. The summed E-state index contributed by atoms with van der Waals surface area (Å²) in [5.74, 6) is 0. The van der Waals surface area contributed by atoms with Crippen molar-refractivity contribution in [3.63, 3.8) is 0 Å². The van der Waals surface area contributed by atoms with Gasteiger partial charge in [0.25, 0.3) is 0 Å². The van der Waals surface area contributed by atoms with Gasteiger partial charge in [0.2, 0.25) is 0 Å². The van der Waals surface area contributed by atoms with Crippen molar-refractivity contribution >= 4 is 33.0 Å². The molecular weight excluding hydrogens is 298 g/mol. The number of nitrogens with zero attached hydrogens (tertiary/aromatic N) is 2. The number of hydrogen-bond donors (Lipinski definition) is 1. The van der Waals surface area contributed by atoms with Crippen LogP contribution >= 0.6 is 27.3 Å². The first-order valence-electron chi connectivity index (χ1n) is 5.50. The topological polar surface area (TPSA) is 37.8 Å². The molecule has 0 amide bonds. The number of pyridine rings is 1. The van der Waals surface area contributed by atoms with Crippen LogP contribution in [0.5, 0.6) is 0 Å². The summed E-state index contributed by atoms with van der Waals surface area (Å²) in [7, 11) is 0. The van der Waals surface area contributed by atoms with Gasteiger partial charge >= 0.3 is 0 Å². The molecule has 3 nitrogen and oxygen atoms in total. The van der Waals surface area contributed by atoms with E-state index in [1.165, 1.54) is 5.01 Å². The first kappa shape index (κ1) is 12.5. The lowest BCUT2D eigenvalue weighted by Crippen LogP contribution is -2.07. The molecule has 0 aliphatic heterocycles. The molecule has 0 aromatic carbocycles. The van der Waals surface area contributed by atoms with E-state index in [0.29, 0.717) is 0 Å². The van der Waals surface area contributed by atoms with E-state index in [0.717, 1.165) is 22.3 Å². The molecule has 1 atom stereocenters. The van der Waals surface area contributed by atoms with Crippen LogP contribution in [0.1, 0.15) is 30.6 Å². The quantitative estimate of drug-likeness (QED) is 0.926. The van der Waals surface area contributed by atoms with Gasteiger partial charge in [0.05, 0.1) is 28.6 Å². The van der Waals surface area contributed by atoms with Crippen LogP contribution < -0.4 is 5.32 Å². The first-order chi connectivity index (χ1) is 8.19. The van der Waals surface area contributed by atoms with Crippen LogP contribution in [0.15, 0.2) is 28.3 Å². The molecule has 0 radical (unpaired) electrons. The van der Waals surface area contributed by atoms with E-state index in [1.807, 2.05) is 12.3 Å². The number of aryl methyl sites for hydroxylation is 1. The summed E-state index contributed by atoms with van der Waals surface area (Å²) in [6, 6.07) is 2.21. The predicted octanol–water partition coefficient (Wildman–Crippen LogP) is 4.04. The molecule has 5 heteroatoms. The van der Waals surface area contributed by atoms with E-state index in [4.69, 9.17) is 0 Å². The second-order valence-corrected chi connectivity index (χ2v) is 5.64. The van der Waals surface area contributed by atoms with Crippen molar-refractivity contribution in [1.29, 1.82) is 0 Å². The zero-order valence-electron chi connectivity index (χ0n) is 9.77. The maximum atomic E-state index is 4.57. The summed E-state index contributed by atoms with van der Waals surface area (Å²) in [5, 5.41) is 6.68. The molecule has 90 valence electrons. The fraction of sp³-hybridized carbons (Fsp3) is 0.333. The van der Waals surface area contributed by atoms with Crippen LogP contribution in [-0.4, -0.2) is 9.97 Å². The summed E-state index contributed by atoms with van der Waals surface area (Å²) in [4.78, 5) is 8.70. The number of anilines is 1. The van der Waals surface area contributed by atoms with Gasteiger partial charge in [-0.3, -0.25) is 4.98 Å². The van der Waals surface area contributed by atoms with Gasteiger partial charge in [-0.05, 0) is 35.3 Å². The highest BCUT2D eigenvalue weighted by molar-refractivity contribution is 9.10. The van der Waals surface area contributed by atoms with Gasteiger partial charge < -0.3 is 5.32 Å². The largest absolute Gasteiger partial charge is 0.376 e. The number of halogens is 1. The van der Waals surface area contributed by atoms with Gasteiger partial charge in [-0.1, -0.05) is 6.92 Å². The molecule has 2 aromatic rings. The number of rotatable bonds is 4. The molecule has 0 bridgehead atoms. The highest BCUT2D eigenvalue weighted by Crippen LogP contribution is 2.22. The van der Waals surface area contributed by atoms with E-state index < -0.39 is 0 Å². The van der Waals surface area contributed by atoms with E-state index in [-0.39, 0.29) is 6.04 Å². The zero-order valence-corrected chi connectivity index (χ0v) is 12.2. The third-order valence-electron chi connectivity index (χ3n) is 2.40. The molecule has 2 rings (SSSR count). The number of nitrogens with one attached hydrogen (secondary N) is 1. The lowest BCUT2D eigenvalue weighted by Gasteiger charge is -2.12. The standard InChI is InChI=1S/C12H14BrN3S/c1-3-12-16-11(7-17-12)8(2)15-10-4-9(13)5-14-6-10/h4-8,15H,3H2,1-2H3. The van der Waals surface area contributed by atoms with Crippen LogP contribution in [0.25, 0.3) is 0 Å². The fourth-order valence-corrected chi connectivity index (χ4v) is 2.70. The van der Waals surface area contributed by atoms with Crippen LogP contribution in [0.3, 0.4) is 0 Å². The van der Waals surface area contributed by atoms with Gasteiger partial charge in [-0.2, -0.15) is 0 Å². The van der Waals surface area contributed by atoms with Crippen LogP contribution in [0.4, 0.5) is 5.69 Å². The monoisotopic (exact) mass is 311 g/mol. The van der Waals surface area contributed by atoms with Crippen LogP contribution in [-0.2, 0) is 6.42 Å². The Kier molecular flexibility index (Phi) is 4.12. The molecule has 2 aromatic heterocycles. The maximum Gasteiger partial charge on any atom is 0.0926 e. The fourth-order valence-electron chi connectivity index (χ4n) is 1.50. The molecule has 2 heterocycles. The summed E-state index contributed by atoms with van der Waals surface area (Å²) in [6.07, 6.45) is 4.58. The summed E-state index contributed by atoms with van der Waals surface area (Å²) in [5.41, 5.74) is 2.09. The van der Waals surface area contributed by atoms with Gasteiger partial charge in [0.1, 0.15) is 0 Å². The number of hydrogen-bond acceptors (Lipinski definition) is 4. The van der Waals surface area contributed by atoms with Crippen molar-refractivity contribution in [2.24, 2.45) is 0 Å². The first-order valence-corrected chi connectivity index (χ1v) is 7.17. The van der Waals surface area contributed by atoms with Crippen LogP contribution in [0, 0.1) is 0 Å². The lowest BCUT2D eigenvalue weighted by atomic mass is 10.2. The van der Waals surface area contributed by atoms with Crippen molar-refractivity contribution in [2.45, 2.75) is 26.3 Å². The molecular formula is C12H14BrN3S. The Bertz CT molecular complexity index is 498. The van der Waals surface area contributed by atoms with E-state index >= 15 is 0 Å². The summed E-state index contributed by atoms with van der Waals surface area (Å²) >= 11 is 5.12. The van der Waals surface area contributed by atoms with E-state index in [9.17, 15) is 0 Å². The van der Waals surface area contributed by atoms with Crippen molar-refractivity contribution in [1.82, 2.24) is 9.97 Å². The van der Waals surface area contributed by atoms with E-state index in [2.05, 4.69) is 50.4 Å². The Labute approximate surface area is 113 Å². The average molecular weight is 312 g/mol. The number of thiazole rings is 1. The molecule has 1 unspecified atom stereocenters. The Morgan fingerprint density at radius 2 is 2.29 bits per heavy atom. The Balaban J connectivity index is 2.08. The third-order valence-corrected chi connectivity index (χ3v) is 3.85. The SMILES string of the molecule is CCc1nc(C(C)Nc2cncc(Br)c2)cs1. The highest BCUT2D eigenvalue weighted by Gasteiger charge is 2.09. The Morgan fingerprint density at radius 1 is 1.47 bits per heavy atom. The van der Waals surface area contributed by atoms with Gasteiger partial charge in [-0.15, -0.1) is 11.3 Å². The summed E-state index contributed by atoms with van der Waals surface area (Å²) in [6.45, 7) is 4.23. The molecule has 0 aliphatic rings. The molecule has 1 N–H and O–H groups in total. The normalized spacial score (nSPS) is 12.4. The van der Waals surface area contributed by atoms with Gasteiger partial charge in [0, 0.05) is 16.0 Å². The minimum atomic E-state index is 0.197. The Hall–Kier alpha value is -0.940. The van der Waals surface area contributed by atoms with Gasteiger partial charge in [0.15, 0.2) is 0 Å². The van der Waals surface area contributed by atoms with Crippen molar-refractivity contribution in [3.8, 4) is 0 Å². The predicted molar refractivity (Wildman–Crippen MR) is 75.5 cm³/mol.